The molecule has 108 valence electrons. The Bertz CT molecular complexity index is 609. The predicted octanol–water partition coefficient (Wildman–Crippen LogP) is 0.696. The van der Waals surface area contributed by atoms with Crippen LogP contribution in [0.3, 0.4) is 0 Å². The molecule has 0 aliphatic rings. The number of pyridine rings is 1. The van der Waals surface area contributed by atoms with E-state index >= 15 is 0 Å². The molecule has 1 amide bonds. The van der Waals surface area contributed by atoms with Gasteiger partial charge in [0.15, 0.2) is 5.82 Å². The van der Waals surface area contributed by atoms with Crippen molar-refractivity contribution < 1.29 is 15.1 Å². The van der Waals surface area contributed by atoms with Gasteiger partial charge in [-0.2, -0.15) is 0 Å². The molecule has 2 heterocycles. The number of amides is 1. The van der Waals surface area contributed by atoms with E-state index in [4.69, 9.17) is 5.21 Å². The molecule has 0 fully saturated rings. The number of hydrogen-bond donors (Lipinski definition) is 4. The van der Waals surface area contributed by atoms with Gasteiger partial charge in [0.2, 0.25) is 0 Å². The minimum Gasteiger partial charge on any atom is -0.390 e. The van der Waals surface area contributed by atoms with Crippen LogP contribution < -0.4 is 10.8 Å². The molecule has 7 nitrogen and oxygen atoms in total. The quantitative estimate of drug-likeness (QED) is 0.460. The van der Waals surface area contributed by atoms with Gasteiger partial charge in [-0.1, -0.05) is 19.4 Å². The van der Waals surface area contributed by atoms with E-state index in [1.54, 1.807) is 0 Å². The van der Waals surface area contributed by atoms with Gasteiger partial charge in [0.05, 0.1) is 18.8 Å². The van der Waals surface area contributed by atoms with Crippen molar-refractivity contribution in [3.63, 3.8) is 0 Å². The Morgan fingerprint density at radius 2 is 2.25 bits per heavy atom. The van der Waals surface area contributed by atoms with Crippen LogP contribution >= 0.6 is 0 Å². The average molecular weight is 278 g/mol. The van der Waals surface area contributed by atoms with Crippen molar-refractivity contribution in [2.45, 2.75) is 26.4 Å². The summed E-state index contributed by atoms with van der Waals surface area (Å²) in [6, 6.07) is 5.75. The minimum absolute atomic E-state index is 0.115. The monoisotopic (exact) mass is 278 g/mol. The number of aliphatic hydroxyl groups excluding tert-OH is 1. The van der Waals surface area contributed by atoms with Gasteiger partial charge in [-0.25, -0.2) is 10.5 Å². The second kappa shape index (κ2) is 6.36. The number of carbonyl (C=O) groups is 1. The molecule has 0 bridgehead atoms. The van der Waals surface area contributed by atoms with Crippen LogP contribution in [0.5, 0.6) is 0 Å². The lowest BCUT2D eigenvalue weighted by molar-refractivity contribution is -0.127. The van der Waals surface area contributed by atoms with Gasteiger partial charge in [-0.3, -0.25) is 14.4 Å². The Labute approximate surface area is 116 Å². The number of aryl methyl sites for hydroxylation is 1. The summed E-state index contributed by atoms with van der Waals surface area (Å²) in [6.45, 7) is 1.78. The van der Waals surface area contributed by atoms with Gasteiger partial charge in [-0.15, -0.1) is 0 Å². The Hall–Kier alpha value is -2.12. The molecular formula is C13H18N4O3. The molecule has 0 saturated carbocycles. The van der Waals surface area contributed by atoms with E-state index in [-0.39, 0.29) is 13.2 Å². The standard InChI is InChI=1S/C13H18N4O3/c1-2-4-9-5-3-6-11-15-13(10(8-18)17(9)11)14-7-12(19)16-20/h3,5-6,14,18,20H,2,4,7-8H2,1H3,(H,16,19). The van der Waals surface area contributed by atoms with Crippen LogP contribution in [0.1, 0.15) is 24.7 Å². The summed E-state index contributed by atoms with van der Waals surface area (Å²) < 4.78 is 1.89. The number of imidazole rings is 1. The number of nitrogens with one attached hydrogen (secondary N) is 2. The first kappa shape index (κ1) is 14.3. The van der Waals surface area contributed by atoms with Crippen molar-refractivity contribution in [1.29, 1.82) is 0 Å². The Kier molecular flexibility index (Phi) is 4.54. The third-order valence-electron chi connectivity index (χ3n) is 3.02. The van der Waals surface area contributed by atoms with E-state index in [2.05, 4.69) is 17.2 Å². The van der Waals surface area contributed by atoms with Crippen LogP contribution in [0.4, 0.5) is 5.82 Å². The maximum atomic E-state index is 11.0. The summed E-state index contributed by atoms with van der Waals surface area (Å²) in [5.41, 5.74) is 3.92. The van der Waals surface area contributed by atoms with Crippen LogP contribution in [0, 0.1) is 0 Å². The Morgan fingerprint density at radius 3 is 2.90 bits per heavy atom. The van der Waals surface area contributed by atoms with Crippen molar-refractivity contribution in [2.75, 3.05) is 11.9 Å². The van der Waals surface area contributed by atoms with E-state index in [1.165, 1.54) is 5.48 Å². The molecule has 2 aromatic heterocycles. The fourth-order valence-electron chi connectivity index (χ4n) is 2.17. The van der Waals surface area contributed by atoms with E-state index in [0.717, 1.165) is 18.5 Å². The third-order valence-corrected chi connectivity index (χ3v) is 3.02. The summed E-state index contributed by atoms with van der Waals surface area (Å²) in [7, 11) is 0. The molecule has 0 aromatic carbocycles. The van der Waals surface area contributed by atoms with Crippen LogP contribution in [-0.4, -0.2) is 32.2 Å². The number of hydrogen-bond acceptors (Lipinski definition) is 5. The molecule has 0 unspecified atom stereocenters. The van der Waals surface area contributed by atoms with Crippen molar-refractivity contribution in [3.05, 3.63) is 29.6 Å². The van der Waals surface area contributed by atoms with Crippen molar-refractivity contribution in [3.8, 4) is 0 Å². The molecule has 20 heavy (non-hydrogen) atoms. The largest absolute Gasteiger partial charge is 0.390 e. The van der Waals surface area contributed by atoms with Crippen molar-refractivity contribution in [2.24, 2.45) is 0 Å². The third kappa shape index (κ3) is 2.73. The highest BCUT2D eigenvalue weighted by atomic mass is 16.5. The lowest BCUT2D eigenvalue weighted by Crippen LogP contribution is -2.27. The van der Waals surface area contributed by atoms with Gasteiger partial charge >= 0.3 is 0 Å². The zero-order valence-electron chi connectivity index (χ0n) is 11.3. The normalized spacial score (nSPS) is 10.8. The number of fused-ring (bicyclic) bond motifs is 1. The number of hydroxylamine groups is 1. The lowest BCUT2D eigenvalue weighted by atomic mass is 10.2. The topological polar surface area (TPSA) is 98.9 Å². The van der Waals surface area contributed by atoms with Crippen LogP contribution in [0.2, 0.25) is 0 Å². The summed E-state index contributed by atoms with van der Waals surface area (Å²) in [6.07, 6.45) is 1.86. The first-order valence-corrected chi connectivity index (χ1v) is 6.48. The Morgan fingerprint density at radius 1 is 1.45 bits per heavy atom. The number of nitrogens with zero attached hydrogens (tertiary/aromatic N) is 2. The van der Waals surface area contributed by atoms with Crippen LogP contribution in [0.15, 0.2) is 18.2 Å². The predicted molar refractivity (Wildman–Crippen MR) is 73.5 cm³/mol. The van der Waals surface area contributed by atoms with Crippen LogP contribution in [0.25, 0.3) is 5.65 Å². The number of rotatable bonds is 6. The fraction of sp³-hybridized carbons (Fsp3) is 0.385. The number of aliphatic hydroxyl groups is 1. The molecule has 0 radical (unpaired) electrons. The van der Waals surface area contributed by atoms with Gasteiger partial charge in [-0.05, 0) is 18.6 Å². The fourth-order valence-corrected chi connectivity index (χ4v) is 2.17. The molecule has 2 aromatic rings. The molecule has 0 spiro atoms. The molecule has 0 atom stereocenters. The van der Waals surface area contributed by atoms with E-state index < -0.39 is 5.91 Å². The first-order chi connectivity index (χ1) is 9.71. The smallest absolute Gasteiger partial charge is 0.262 e. The van der Waals surface area contributed by atoms with E-state index in [1.807, 2.05) is 22.6 Å². The number of carbonyl (C=O) groups excluding carboxylic acids is 1. The van der Waals surface area contributed by atoms with Gasteiger partial charge in [0, 0.05) is 5.69 Å². The average Bonchev–Trinajstić information content (AvgIpc) is 2.83. The zero-order chi connectivity index (χ0) is 14.5. The van der Waals surface area contributed by atoms with Gasteiger partial charge < -0.3 is 10.4 Å². The maximum absolute atomic E-state index is 11.0. The molecule has 4 N–H and O–H groups in total. The Balaban J connectivity index is 2.40. The highest BCUT2D eigenvalue weighted by Gasteiger charge is 2.14. The molecule has 2 rings (SSSR count). The van der Waals surface area contributed by atoms with Gasteiger partial charge in [0.1, 0.15) is 5.65 Å². The van der Waals surface area contributed by atoms with Crippen molar-refractivity contribution in [1.82, 2.24) is 14.9 Å². The summed E-state index contributed by atoms with van der Waals surface area (Å²) in [4.78, 5) is 15.4. The molecule has 0 aliphatic heterocycles. The second-order valence-electron chi connectivity index (χ2n) is 4.41. The number of aromatic nitrogens is 2. The highest BCUT2D eigenvalue weighted by molar-refractivity contribution is 5.79. The van der Waals surface area contributed by atoms with Crippen LogP contribution in [-0.2, 0) is 17.8 Å². The number of anilines is 1. The van der Waals surface area contributed by atoms with Gasteiger partial charge in [0.25, 0.3) is 5.91 Å². The van der Waals surface area contributed by atoms with E-state index in [9.17, 15) is 9.90 Å². The first-order valence-electron chi connectivity index (χ1n) is 6.48. The summed E-state index contributed by atoms with van der Waals surface area (Å²) >= 11 is 0. The van der Waals surface area contributed by atoms with Crippen molar-refractivity contribution >= 4 is 17.4 Å². The molecule has 0 saturated heterocycles. The SMILES string of the molecule is CCCc1cccc2nc(NCC(=O)NO)c(CO)n12. The minimum atomic E-state index is -0.570. The lowest BCUT2D eigenvalue weighted by Gasteiger charge is -2.08. The highest BCUT2D eigenvalue weighted by Crippen LogP contribution is 2.20. The molecule has 7 heteroatoms. The second-order valence-corrected chi connectivity index (χ2v) is 4.41. The summed E-state index contributed by atoms with van der Waals surface area (Å²) in [5, 5.41) is 20.9. The molecular weight excluding hydrogens is 260 g/mol. The maximum Gasteiger partial charge on any atom is 0.262 e. The summed E-state index contributed by atoms with van der Waals surface area (Å²) in [5.74, 6) is -0.126. The van der Waals surface area contributed by atoms with E-state index in [0.29, 0.717) is 17.2 Å². The zero-order valence-corrected chi connectivity index (χ0v) is 11.3. The molecule has 0 aliphatic carbocycles.